The summed E-state index contributed by atoms with van der Waals surface area (Å²) in [6.45, 7) is 0.841. The Morgan fingerprint density at radius 1 is 1.31 bits per heavy atom. The van der Waals surface area contributed by atoms with Crippen molar-refractivity contribution >= 4 is 17.8 Å². The summed E-state index contributed by atoms with van der Waals surface area (Å²) < 4.78 is 10.5. The van der Waals surface area contributed by atoms with Crippen LogP contribution in [0.3, 0.4) is 0 Å². The fourth-order valence-corrected chi connectivity index (χ4v) is 3.87. The predicted octanol–water partition coefficient (Wildman–Crippen LogP) is 1.36. The zero-order chi connectivity index (χ0) is 18.7. The summed E-state index contributed by atoms with van der Waals surface area (Å²) in [6, 6.07) is 2.23. The van der Waals surface area contributed by atoms with Crippen LogP contribution in [0.2, 0.25) is 0 Å². The number of aliphatic carboxylic acids is 1. The Morgan fingerprint density at radius 2 is 2.12 bits per heavy atom. The first-order valence-electron chi connectivity index (χ1n) is 8.90. The maximum absolute atomic E-state index is 13.2. The normalized spacial score (nSPS) is 26.1. The third kappa shape index (κ3) is 3.75. The molecular formula is C18H24N2O6. The molecule has 0 spiro atoms. The van der Waals surface area contributed by atoms with Crippen LogP contribution in [0.5, 0.6) is 0 Å². The molecule has 8 nitrogen and oxygen atoms in total. The van der Waals surface area contributed by atoms with Crippen LogP contribution in [-0.4, -0.2) is 71.1 Å². The molecule has 2 fully saturated rings. The number of hydrogen-bond donors (Lipinski definition) is 1. The first kappa shape index (κ1) is 18.4. The highest BCUT2D eigenvalue weighted by molar-refractivity contribution is 5.96. The van der Waals surface area contributed by atoms with Crippen LogP contribution in [0.15, 0.2) is 22.8 Å². The Balaban J connectivity index is 1.78. The standard InChI is InChI=1S/C18H24N2O6/c1-25-13-9-12(10-16(21)22)20(11-13)17(23)14-5-2-3-7-19(14)18(24)15-6-4-8-26-15/h4,6,8,12-14H,2-3,5,7,9-11H2,1H3,(H,21,22). The second kappa shape index (κ2) is 7.90. The van der Waals surface area contributed by atoms with Gasteiger partial charge < -0.3 is 24.1 Å². The molecular weight excluding hydrogens is 340 g/mol. The highest BCUT2D eigenvalue weighted by Crippen LogP contribution is 2.28. The number of methoxy groups -OCH3 is 1. The molecule has 0 bridgehead atoms. The Kier molecular flexibility index (Phi) is 5.61. The number of furan rings is 1. The topological polar surface area (TPSA) is 100 Å². The Morgan fingerprint density at radius 3 is 2.77 bits per heavy atom. The molecule has 0 saturated carbocycles. The van der Waals surface area contributed by atoms with E-state index in [0.717, 1.165) is 12.8 Å². The highest BCUT2D eigenvalue weighted by Gasteiger charge is 2.42. The van der Waals surface area contributed by atoms with Gasteiger partial charge in [0.05, 0.1) is 18.8 Å². The fourth-order valence-electron chi connectivity index (χ4n) is 3.87. The zero-order valence-electron chi connectivity index (χ0n) is 14.8. The molecule has 142 valence electrons. The van der Waals surface area contributed by atoms with Crippen molar-refractivity contribution in [2.24, 2.45) is 0 Å². The van der Waals surface area contributed by atoms with E-state index in [1.807, 2.05) is 0 Å². The van der Waals surface area contributed by atoms with Gasteiger partial charge in [0.2, 0.25) is 5.91 Å². The number of hydrogen-bond acceptors (Lipinski definition) is 5. The van der Waals surface area contributed by atoms with Crippen LogP contribution in [0, 0.1) is 0 Å². The van der Waals surface area contributed by atoms with Gasteiger partial charge in [0.15, 0.2) is 5.76 Å². The molecule has 3 unspecified atom stereocenters. The summed E-state index contributed by atoms with van der Waals surface area (Å²) in [5.41, 5.74) is 0. The maximum atomic E-state index is 13.2. The summed E-state index contributed by atoms with van der Waals surface area (Å²) in [7, 11) is 1.56. The maximum Gasteiger partial charge on any atom is 0.305 e. The van der Waals surface area contributed by atoms with Crippen molar-refractivity contribution in [3.63, 3.8) is 0 Å². The van der Waals surface area contributed by atoms with Crippen LogP contribution in [0.4, 0.5) is 0 Å². The molecule has 2 saturated heterocycles. The molecule has 3 rings (SSSR count). The zero-order valence-corrected chi connectivity index (χ0v) is 14.8. The van der Waals surface area contributed by atoms with Crippen molar-refractivity contribution in [3.05, 3.63) is 24.2 Å². The second-order valence-electron chi connectivity index (χ2n) is 6.82. The molecule has 3 atom stereocenters. The average molecular weight is 364 g/mol. The summed E-state index contributed by atoms with van der Waals surface area (Å²) in [5.74, 6) is -1.24. The predicted molar refractivity (Wildman–Crippen MR) is 90.6 cm³/mol. The molecule has 1 aromatic rings. The van der Waals surface area contributed by atoms with Gasteiger partial charge in [-0.15, -0.1) is 0 Å². The molecule has 1 N–H and O–H groups in total. The third-order valence-electron chi connectivity index (χ3n) is 5.18. The molecule has 2 aliphatic rings. The summed E-state index contributed by atoms with van der Waals surface area (Å²) >= 11 is 0. The summed E-state index contributed by atoms with van der Waals surface area (Å²) in [4.78, 5) is 40.2. The first-order valence-corrected chi connectivity index (χ1v) is 8.90. The van der Waals surface area contributed by atoms with Gasteiger partial charge >= 0.3 is 5.97 Å². The van der Waals surface area contributed by atoms with E-state index >= 15 is 0 Å². The third-order valence-corrected chi connectivity index (χ3v) is 5.18. The number of nitrogens with zero attached hydrogens (tertiary/aromatic N) is 2. The molecule has 8 heteroatoms. The number of carboxylic acid groups (broad SMARTS) is 1. The largest absolute Gasteiger partial charge is 0.481 e. The van der Waals surface area contributed by atoms with E-state index in [-0.39, 0.29) is 30.1 Å². The molecule has 1 aromatic heterocycles. The van der Waals surface area contributed by atoms with E-state index in [4.69, 9.17) is 14.3 Å². The van der Waals surface area contributed by atoms with E-state index in [1.165, 1.54) is 6.26 Å². The van der Waals surface area contributed by atoms with Crippen molar-refractivity contribution < 1.29 is 28.6 Å². The lowest BCUT2D eigenvalue weighted by atomic mass is 9.99. The minimum Gasteiger partial charge on any atom is -0.481 e. The number of carbonyl (C=O) groups is 3. The van der Waals surface area contributed by atoms with Crippen LogP contribution in [-0.2, 0) is 14.3 Å². The lowest BCUT2D eigenvalue weighted by Gasteiger charge is -2.37. The van der Waals surface area contributed by atoms with Gasteiger partial charge in [0.25, 0.3) is 5.91 Å². The number of ether oxygens (including phenoxy) is 1. The minimum atomic E-state index is -0.947. The van der Waals surface area contributed by atoms with Crippen molar-refractivity contribution in [2.75, 3.05) is 20.2 Å². The van der Waals surface area contributed by atoms with E-state index in [0.29, 0.717) is 25.9 Å². The molecule has 26 heavy (non-hydrogen) atoms. The van der Waals surface area contributed by atoms with Crippen LogP contribution < -0.4 is 0 Å². The average Bonchev–Trinajstić information content (AvgIpc) is 3.30. The number of rotatable bonds is 5. The number of likely N-dealkylation sites (tertiary alicyclic amines) is 2. The van der Waals surface area contributed by atoms with Crippen molar-refractivity contribution in [1.29, 1.82) is 0 Å². The van der Waals surface area contributed by atoms with Gasteiger partial charge in [-0.1, -0.05) is 0 Å². The van der Waals surface area contributed by atoms with Crippen LogP contribution in [0.25, 0.3) is 0 Å². The van der Waals surface area contributed by atoms with Gasteiger partial charge in [-0.2, -0.15) is 0 Å². The van der Waals surface area contributed by atoms with Gasteiger partial charge in [-0.25, -0.2) is 0 Å². The Hall–Kier alpha value is -2.35. The Labute approximate surface area is 151 Å². The van der Waals surface area contributed by atoms with E-state index in [2.05, 4.69) is 0 Å². The Bertz CT molecular complexity index is 659. The van der Waals surface area contributed by atoms with E-state index in [1.54, 1.807) is 29.0 Å². The molecule has 0 radical (unpaired) electrons. The van der Waals surface area contributed by atoms with Gasteiger partial charge in [0, 0.05) is 26.2 Å². The van der Waals surface area contributed by atoms with Crippen molar-refractivity contribution in [1.82, 2.24) is 9.80 Å². The molecule has 2 aliphatic heterocycles. The number of amides is 2. The second-order valence-corrected chi connectivity index (χ2v) is 6.82. The van der Waals surface area contributed by atoms with Crippen LogP contribution in [0.1, 0.15) is 42.7 Å². The lowest BCUT2D eigenvalue weighted by molar-refractivity contribution is -0.142. The smallest absolute Gasteiger partial charge is 0.305 e. The number of carbonyl (C=O) groups excluding carboxylic acids is 2. The summed E-state index contributed by atoms with van der Waals surface area (Å²) in [6.07, 6.45) is 3.87. The van der Waals surface area contributed by atoms with Crippen molar-refractivity contribution in [2.45, 2.75) is 50.3 Å². The quantitative estimate of drug-likeness (QED) is 0.847. The first-order chi connectivity index (χ1) is 12.5. The number of piperidine rings is 1. The van der Waals surface area contributed by atoms with Gasteiger partial charge in [0.1, 0.15) is 6.04 Å². The molecule has 2 amide bonds. The summed E-state index contributed by atoms with van der Waals surface area (Å²) in [5, 5.41) is 9.15. The fraction of sp³-hybridized carbons (Fsp3) is 0.611. The van der Waals surface area contributed by atoms with Gasteiger partial charge in [-0.3, -0.25) is 14.4 Å². The minimum absolute atomic E-state index is 0.121. The van der Waals surface area contributed by atoms with E-state index < -0.39 is 18.1 Å². The van der Waals surface area contributed by atoms with E-state index in [9.17, 15) is 14.4 Å². The van der Waals surface area contributed by atoms with Crippen molar-refractivity contribution in [3.8, 4) is 0 Å². The molecule has 0 aromatic carbocycles. The number of carboxylic acids is 1. The molecule has 3 heterocycles. The van der Waals surface area contributed by atoms with Crippen LogP contribution >= 0.6 is 0 Å². The lowest BCUT2D eigenvalue weighted by Crippen LogP contribution is -2.54. The van der Waals surface area contributed by atoms with Gasteiger partial charge in [-0.05, 0) is 37.8 Å². The molecule has 0 aliphatic carbocycles. The monoisotopic (exact) mass is 364 g/mol. The highest BCUT2D eigenvalue weighted by atomic mass is 16.5. The SMILES string of the molecule is COC1CC(CC(=O)O)N(C(=O)C2CCCCN2C(=O)c2ccco2)C1.